The molecule has 0 atom stereocenters. The fraction of sp³-hybridized carbons (Fsp3) is 0.300. The fourth-order valence-corrected chi connectivity index (χ4v) is 4.87. The highest BCUT2D eigenvalue weighted by Crippen LogP contribution is 2.44. The lowest BCUT2D eigenvalue weighted by atomic mass is 9.87. The summed E-state index contributed by atoms with van der Waals surface area (Å²) in [6, 6.07) is 14.9. The zero-order valence-electron chi connectivity index (χ0n) is 15.8. The monoisotopic (exact) mass is 410 g/mol. The van der Waals surface area contributed by atoms with Gasteiger partial charge in [-0.25, -0.2) is 4.99 Å². The summed E-state index contributed by atoms with van der Waals surface area (Å²) in [6.45, 7) is 0. The van der Waals surface area contributed by atoms with Crippen LogP contribution in [-0.2, 0) is 0 Å². The second-order valence-corrected chi connectivity index (χ2v) is 8.29. The first-order valence-corrected chi connectivity index (χ1v) is 10.3. The lowest BCUT2D eigenvalue weighted by Crippen LogP contribution is -2.58. The van der Waals surface area contributed by atoms with Crippen LogP contribution in [0, 0.1) is 10.1 Å². The molecule has 1 saturated carbocycles. The van der Waals surface area contributed by atoms with Gasteiger partial charge in [-0.3, -0.25) is 15.0 Å². The summed E-state index contributed by atoms with van der Waals surface area (Å²) in [7, 11) is 0. The summed E-state index contributed by atoms with van der Waals surface area (Å²) in [6.07, 6.45) is 4.43. The van der Waals surface area contributed by atoms with Crippen LogP contribution >= 0.6 is 11.8 Å². The van der Waals surface area contributed by atoms with Crippen LogP contribution in [0.5, 0.6) is 0 Å². The predicted molar refractivity (Wildman–Crippen MR) is 115 cm³/mol. The quantitative estimate of drug-likeness (QED) is 0.583. The number of hydrogen-bond donors (Lipinski definition) is 2. The molecule has 8 nitrogen and oxygen atoms in total. The number of nitrogens with zero attached hydrogens (tertiary/aromatic N) is 4. The molecule has 0 radical (unpaired) electrons. The second kappa shape index (κ2) is 7.75. The Balaban J connectivity index is 1.81. The molecule has 0 unspecified atom stereocenters. The molecule has 1 aliphatic carbocycles. The van der Waals surface area contributed by atoms with Gasteiger partial charge in [-0.2, -0.15) is 4.99 Å². The van der Waals surface area contributed by atoms with Crippen LogP contribution in [0.2, 0.25) is 0 Å². The summed E-state index contributed by atoms with van der Waals surface area (Å²) in [5.74, 6) is 0.266. The molecule has 150 valence electrons. The molecule has 4 rings (SSSR count). The number of aliphatic imine (C=N–C) groups is 2. The van der Waals surface area contributed by atoms with Gasteiger partial charge in [-0.05, 0) is 49.9 Å². The van der Waals surface area contributed by atoms with Crippen LogP contribution in [0.15, 0.2) is 68.3 Å². The van der Waals surface area contributed by atoms with Gasteiger partial charge in [0, 0.05) is 15.9 Å². The van der Waals surface area contributed by atoms with Crippen molar-refractivity contribution in [2.75, 3.05) is 4.90 Å². The van der Waals surface area contributed by atoms with Crippen molar-refractivity contribution in [3.05, 3.63) is 58.6 Å². The predicted octanol–water partition coefficient (Wildman–Crippen LogP) is 3.86. The minimum Gasteiger partial charge on any atom is -0.369 e. The van der Waals surface area contributed by atoms with Crippen LogP contribution in [0.25, 0.3) is 0 Å². The Morgan fingerprint density at radius 2 is 1.76 bits per heavy atom. The Morgan fingerprint density at radius 1 is 1.03 bits per heavy atom. The average molecular weight is 411 g/mol. The molecule has 1 spiro atoms. The molecule has 0 saturated heterocycles. The lowest BCUT2D eigenvalue weighted by Gasteiger charge is -2.45. The number of hydrogen-bond acceptors (Lipinski definition) is 8. The fourth-order valence-electron chi connectivity index (χ4n) is 3.99. The third-order valence-electron chi connectivity index (χ3n) is 5.21. The van der Waals surface area contributed by atoms with Crippen LogP contribution in [0.1, 0.15) is 32.1 Å². The Bertz CT molecular complexity index is 986. The van der Waals surface area contributed by atoms with E-state index in [1.165, 1.54) is 17.8 Å². The zero-order valence-corrected chi connectivity index (χ0v) is 16.6. The van der Waals surface area contributed by atoms with Gasteiger partial charge >= 0.3 is 0 Å². The Hall–Kier alpha value is -3.07. The van der Waals surface area contributed by atoms with E-state index in [4.69, 9.17) is 11.5 Å². The van der Waals surface area contributed by atoms with Gasteiger partial charge in [-0.15, -0.1) is 0 Å². The van der Waals surface area contributed by atoms with Crippen molar-refractivity contribution < 1.29 is 4.92 Å². The van der Waals surface area contributed by atoms with Crippen LogP contribution in [0.4, 0.5) is 11.4 Å². The smallest absolute Gasteiger partial charge is 0.293 e. The third kappa shape index (κ3) is 3.77. The first kappa shape index (κ1) is 19.3. The van der Waals surface area contributed by atoms with Gasteiger partial charge in [0.25, 0.3) is 5.69 Å². The van der Waals surface area contributed by atoms with Gasteiger partial charge in [-0.1, -0.05) is 36.4 Å². The first-order chi connectivity index (χ1) is 14.0. The minimum atomic E-state index is -0.727. The van der Waals surface area contributed by atoms with Crippen molar-refractivity contribution >= 4 is 35.1 Å². The summed E-state index contributed by atoms with van der Waals surface area (Å²) in [4.78, 5) is 23.8. The van der Waals surface area contributed by atoms with Crippen LogP contribution < -0.4 is 16.4 Å². The van der Waals surface area contributed by atoms with Crippen molar-refractivity contribution in [2.45, 2.75) is 47.6 Å². The van der Waals surface area contributed by atoms with Crippen molar-refractivity contribution in [3.63, 3.8) is 0 Å². The Kier molecular flexibility index (Phi) is 5.14. The van der Waals surface area contributed by atoms with E-state index in [1.54, 1.807) is 17.0 Å². The molecule has 0 aromatic heterocycles. The van der Waals surface area contributed by atoms with Crippen LogP contribution in [-0.4, -0.2) is 22.5 Å². The highest BCUT2D eigenvalue weighted by Gasteiger charge is 2.44. The number of nitrogens with two attached hydrogens (primary N) is 2. The minimum absolute atomic E-state index is 0.0267. The Morgan fingerprint density at radius 3 is 2.45 bits per heavy atom. The van der Waals surface area contributed by atoms with Crippen molar-refractivity contribution in [1.29, 1.82) is 0 Å². The van der Waals surface area contributed by atoms with Gasteiger partial charge in [0.2, 0.25) is 11.9 Å². The van der Waals surface area contributed by atoms with E-state index in [0.29, 0.717) is 5.69 Å². The maximum absolute atomic E-state index is 11.8. The highest BCUT2D eigenvalue weighted by atomic mass is 32.2. The third-order valence-corrected chi connectivity index (χ3v) is 6.21. The van der Waals surface area contributed by atoms with E-state index in [-0.39, 0.29) is 17.6 Å². The van der Waals surface area contributed by atoms with E-state index in [9.17, 15) is 10.1 Å². The molecule has 4 N–H and O–H groups in total. The Labute approximate surface area is 172 Å². The molecular weight excluding hydrogens is 388 g/mol. The summed E-state index contributed by atoms with van der Waals surface area (Å²) < 4.78 is 0. The molecule has 2 aromatic carbocycles. The summed E-state index contributed by atoms with van der Waals surface area (Å²) in [5.41, 5.74) is 11.8. The van der Waals surface area contributed by atoms with Crippen molar-refractivity contribution in [2.24, 2.45) is 21.5 Å². The zero-order chi connectivity index (χ0) is 20.4. The molecule has 29 heavy (non-hydrogen) atoms. The second-order valence-electron chi connectivity index (χ2n) is 7.14. The van der Waals surface area contributed by atoms with Crippen LogP contribution in [0.3, 0.4) is 0 Å². The number of rotatable bonds is 4. The maximum Gasteiger partial charge on any atom is 0.293 e. The number of nitro benzene ring substituents is 1. The largest absolute Gasteiger partial charge is 0.369 e. The molecule has 1 fully saturated rings. The molecular formula is C20H22N6O2S. The van der Waals surface area contributed by atoms with Crippen molar-refractivity contribution in [1.82, 2.24) is 0 Å². The van der Waals surface area contributed by atoms with Gasteiger partial charge in [0.1, 0.15) is 11.4 Å². The van der Waals surface area contributed by atoms with E-state index in [1.807, 2.05) is 30.3 Å². The number of nitro groups is 1. The van der Waals surface area contributed by atoms with Gasteiger partial charge in [0.15, 0.2) is 0 Å². The molecule has 2 aliphatic rings. The standard InChI is InChI=1S/C20H22N6O2S/c21-18-23-19(22)25(20(24-18)11-5-2-6-12-20)17-13-15(9-10-16(17)26(27)28)29-14-7-3-1-4-8-14/h1,3-4,7-10,13H,2,5-6,11-12H2,(H4,21,22,23,24). The highest BCUT2D eigenvalue weighted by molar-refractivity contribution is 7.99. The normalized spacial score (nSPS) is 18.3. The number of anilines is 1. The lowest BCUT2D eigenvalue weighted by molar-refractivity contribution is -0.384. The maximum atomic E-state index is 11.8. The van der Waals surface area contributed by atoms with Gasteiger partial charge < -0.3 is 11.5 Å². The van der Waals surface area contributed by atoms with E-state index in [0.717, 1.165) is 41.9 Å². The molecule has 0 amide bonds. The van der Waals surface area contributed by atoms with E-state index in [2.05, 4.69) is 9.98 Å². The molecule has 2 aromatic rings. The average Bonchev–Trinajstić information content (AvgIpc) is 2.68. The molecule has 0 bridgehead atoms. The number of guanidine groups is 2. The summed E-state index contributed by atoms with van der Waals surface area (Å²) in [5, 5.41) is 11.8. The van der Waals surface area contributed by atoms with E-state index >= 15 is 0 Å². The topological polar surface area (TPSA) is 123 Å². The number of benzene rings is 2. The van der Waals surface area contributed by atoms with E-state index < -0.39 is 10.6 Å². The first-order valence-electron chi connectivity index (χ1n) is 9.50. The summed E-state index contributed by atoms with van der Waals surface area (Å²) >= 11 is 1.53. The van der Waals surface area contributed by atoms with Crippen molar-refractivity contribution in [3.8, 4) is 0 Å². The molecule has 9 heteroatoms. The SMILES string of the molecule is NC1=NC2(CCCCC2)N(c2cc(Sc3ccccc3)ccc2[N+](=O)[O-])C(N)=N1. The molecule has 1 heterocycles. The van der Waals surface area contributed by atoms with Gasteiger partial charge in [0.05, 0.1) is 4.92 Å². The molecule has 1 aliphatic heterocycles.